The molecule has 0 unspecified atom stereocenters. The van der Waals surface area contributed by atoms with Crippen LogP contribution in [0.4, 0.5) is 0 Å². The van der Waals surface area contributed by atoms with Gasteiger partial charge in [0.25, 0.3) is 0 Å². The molecule has 0 atom stereocenters. The van der Waals surface area contributed by atoms with Crippen LogP contribution >= 0.6 is 0 Å². The van der Waals surface area contributed by atoms with E-state index in [2.05, 4.69) is 9.97 Å². The summed E-state index contributed by atoms with van der Waals surface area (Å²) in [6.45, 7) is 0. The van der Waals surface area contributed by atoms with Gasteiger partial charge in [0.05, 0.1) is 17.3 Å². The van der Waals surface area contributed by atoms with Gasteiger partial charge in [-0.2, -0.15) is 5.26 Å². The summed E-state index contributed by atoms with van der Waals surface area (Å²) in [5.74, 6) is -0.0811. The van der Waals surface area contributed by atoms with Gasteiger partial charge in [-0.1, -0.05) is 12.1 Å². The van der Waals surface area contributed by atoms with Crippen LogP contribution in [0.2, 0.25) is 0 Å². The Kier molecular flexibility index (Phi) is 3.98. The van der Waals surface area contributed by atoms with Gasteiger partial charge in [-0.05, 0) is 12.1 Å². The Morgan fingerprint density at radius 2 is 2.00 bits per heavy atom. The molecule has 0 bridgehead atoms. The predicted octanol–water partition coefficient (Wildman–Crippen LogP) is 1.72. The van der Waals surface area contributed by atoms with Crippen molar-refractivity contribution in [2.45, 2.75) is 0 Å². The van der Waals surface area contributed by atoms with E-state index in [-0.39, 0.29) is 22.4 Å². The predicted molar refractivity (Wildman–Crippen MR) is 53.8 cm³/mol. The van der Waals surface area contributed by atoms with Crippen LogP contribution in [0.5, 0.6) is 5.88 Å². The van der Waals surface area contributed by atoms with Gasteiger partial charge in [-0.15, -0.1) is 0 Å². The number of hydrogen-bond acceptors (Lipinski definition) is 4. The van der Waals surface area contributed by atoms with Crippen LogP contribution in [0.3, 0.4) is 0 Å². The fraction of sp³-hybridized carbons (Fsp3) is 0. The zero-order valence-electron chi connectivity index (χ0n) is 8.07. The summed E-state index contributed by atoms with van der Waals surface area (Å²) in [5.41, 5.74) is 1.94. The van der Waals surface area contributed by atoms with Crippen molar-refractivity contribution in [2.24, 2.45) is 0 Å². The van der Waals surface area contributed by atoms with Gasteiger partial charge in [0.1, 0.15) is 6.33 Å². The molecule has 0 spiro atoms. The number of aromatic nitrogens is 2. The molecule has 0 saturated carbocycles. The second-order valence-corrected chi connectivity index (χ2v) is 2.95. The van der Waals surface area contributed by atoms with Crippen molar-refractivity contribution in [3.8, 4) is 23.2 Å². The zero-order valence-corrected chi connectivity index (χ0v) is 9.06. The quantitative estimate of drug-likeness (QED) is 0.788. The van der Waals surface area contributed by atoms with Gasteiger partial charge >= 0.3 is 0 Å². The molecule has 1 N–H and O–H groups in total. The summed E-state index contributed by atoms with van der Waals surface area (Å²) in [7, 11) is 0. The standard InChI is InChI=1S/C11H7N3O.Ni/c12-6-8-2-1-3-9(4-8)10-5-11(15)14-7-13-10;/h1-5,7H,(H,13,14,15);. The third kappa shape index (κ3) is 2.56. The molecule has 0 fully saturated rings. The first-order valence-electron chi connectivity index (χ1n) is 4.31. The molecule has 0 aliphatic rings. The minimum Gasteiger partial charge on any atom is -0.493 e. The van der Waals surface area contributed by atoms with E-state index in [9.17, 15) is 5.11 Å². The van der Waals surface area contributed by atoms with E-state index in [1.54, 1.807) is 18.2 Å². The van der Waals surface area contributed by atoms with E-state index >= 15 is 0 Å². The van der Waals surface area contributed by atoms with E-state index in [0.29, 0.717) is 11.3 Å². The van der Waals surface area contributed by atoms with Crippen molar-refractivity contribution in [3.63, 3.8) is 0 Å². The van der Waals surface area contributed by atoms with Crippen molar-refractivity contribution < 1.29 is 21.6 Å². The minimum atomic E-state index is -0.0811. The summed E-state index contributed by atoms with van der Waals surface area (Å²) < 4.78 is 0. The van der Waals surface area contributed by atoms with Crippen molar-refractivity contribution in [3.05, 3.63) is 42.2 Å². The average molecular weight is 256 g/mol. The van der Waals surface area contributed by atoms with Crippen LogP contribution in [0, 0.1) is 11.3 Å². The first-order chi connectivity index (χ1) is 7.29. The number of rotatable bonds is 1. The number of hydrogen-bond donors (Lipinski definition) is 1. The van der Waals surface area contributed by atoms with Crippen molar-refractivity contribution in [2.75, 3.05) is 0 Å². The molecule has 0 saturated heterocycles. The molecule has 2 aromatic rings. The largest absolute Gasteiger partial charge is 0.493 e. The minimum absolute atomic E-state index is 0. The summed E-state index contributed by atoms with van der Waals surface area (Å²) in [4.78, 5) is 7.59. The first-order valence-corrected chi connectivity index (χ1v) is 4.31. The molecule has 0 radical (unpaired) electrons. The zero-order chi connectivity index (χ0) is 10.7. The first kappa shape index (κ1) is 12.2. The van der Waals surface area contributed by atoms with Crippen molar-refractivity contribution in [1.82, 2.24) is 9.97 Å². The summed E-state index contributed by atoms with van der Waals surface area (Å²) >= 11 is 0. The van der Waals surface area contributed by atoms with Crippen LogP contribution in [0.25, 0.3) is 11.3 Å². The van der Waals surface area contributed by atoms with Crippen LogP contribution in [-0.2, 0) is 16.5 Å². The van der Waals surface area contributed by atoms with E-state index in [0.717, 1.165) is 5.56 Å². The molecule has 82 valence electrons. The molecule has 1 heterocycles. The molecular formula is C11H7N3NiO. The van der Waals surface area contributed by atoms with E-state index in [4.69, 9.17) is 5.26 Å². The molecule has 2 rings (SSSR count). The number of nitriles is 1. The second kappa shape index (κ2) is 5.25. The normalized spacial score (nSPS) is 8.94. The molecule has 1 aromatic heterocycles. The topological polar surface area (TPSA) is 69.8 Å². The average Bonchev–Trinajstić information content (AvgIpc) is 2.29. The third-order valence-corrected chi connectivity index (χ3v) is 1.94. The molecule has 0 aliphatic heterocycles. The van der Waals surface area contributed by atoms with Crippen LogP contribution in [0.1, 0.15) is 5.56 Å². The summed E-state index contributed by atoms with van der Waals surface area (Å²) in [6.07, 6.45) is 1.28. The van der Waals surface area contributed by atoms with E-state index in [1.807, 2.05) is 12.1 Å². The molecular weight excluding hydrogens is 249 g/mol. The molecule has 16 heavy (non-hydrogen) atoms. The van der Waals surface area contributed by atoms with Crippen LogP contribution in [-0.4, -0.2) is 15.1 Å². The number of benzene rings is 1. The third-order valence-electron chi connectivity index (χ3n) is 1.94. The number of aromatic hydroxyl groups is 1. The molecule has 1 aromatic carbocycles. The Morgan fingerprint density at radius 1 is 1.19 bits per heavy atom. The van der Waals surface area contributed by atoms with Crippen LogP contribution in [0.15, 0.2) is 36.7 Å². The molecule has 4 nitrogen and oxygen atoms in total. The summed E-state index contributed by atoms with van der Waals surface area (Å²) in [5, 5.41) is 17.9. The second-order valence-electron chi connectivity index (χ2n) is 2.95. The van der Waals surface area contributed by atoms with Gasteiger partial charge < -0.3 is 5.11 Å². The van der Waals surface area contributed by atoms with Gasteiger partial charge in [-0.3, -0.25) is 0 Å². The molecule has 0 amide bonds. The Hall–Kier alpha value is -1.92. The monoisotopic (exact) mass is 255 g/mol. The fourth-order valence-electron chi connectivity index (χ4n) is 1.25. The van der Waals surface area contributed by atoms with Gasteiger partial charge in [0.15, 0.2) is 0 Å². The van der Waals surface area contributed by atoms with E-state index < -0.39 is 0 Å². The van der Waals surface area contributed by atoms with Crippen molar-refractivity contribution in [1.29, 1.82) is 5.26 Å². The Labute approximate surface area is 103 Å². The summed E-state index contributed by atoms with van der Waals surface area (Å²) in [6, 6.07) is 10.5. The van der Waals surface area contributed by atoms with Gasteiger partial charge in [0, 0.05) is 28.1 Å². The van der Waals surface area contributed by atoms with Crippen molar-refractivity contribution >= 4 is 0 Å². The van der Waals surface area contributed by atoms with E-state index in [1.165, 1.54) is 12.4 Å². The Bertz CT molecular complexity index is 537. The maximum Gasteiger partial charge on any atom is 0.214 e. The Balaban J connectivity index is 0.00000128. The fourth-order valence-corrected chi connectivity index (χ4v) is 1.25. The smallest absolute Gasteiger partial charge is 0.214 e. The maximum atomic E-state index is 9.18. The van der Waals surface area contributed by atoms with Crippen LogP contribution < -0.4 is 0 Å². The maximum absolute atomic E-state index is 9.18. The SMILES string of the molecule is N#Cc1cccc(-c2cc(O)ncn2)c1.[Ni]. The molecule has 5 heteroatoms. The Morgan fingerprint density at radius 3 is 2.69 bits per heavy atom. The van der Waals surface area contributed by atoms with Gasteiger partial charge in [-0.25, -0.2) is 9.97 Å². The molecule has 0 aliphatic carbocycles. The van der Waals surface area contributed by atoms with Gasteiger partial charge in [0.2, 0.25) is 5.88 Å². The number of nitrogens with zero attached hydrogens (tertiary/aromatic N) is 3.